The molecule has 0 aliphatic carbocycles. The Balaban J connectivity index is 1.86. The maximum atomic E-state index is 11.0. The number of pyridine rings is 1. The number of nitriles is 1. The van der Waals surface area contributed by atoms with Crippen LogP contribution in [0.1, 0.15) is 37.1 Å². The van der Waals surface area contributed by atoms with Gasteiger partial charge in [-0.25, -0.2) is 9.55 Å². The van der Waals surface area contributed by atoms with E-state index in [9.17, 15) is 20.6 Å². The van der Waals surface area contributed by atoms with E-state index in [4.69, 9.17) is 4.74 Å². The first kappa shape index (κ1) is 16.1. The molecule has 2 unspecified atom stereocenters. The van der Waals surface area contributed by atoms with Crippen LogP contribution in [0.2, 0.25) is 0 Å². The molecular weight excluding hydrogens is 346 g/mol. The summed E-state index contributed by atoms with van der Waals surface area (Å²) in [6.45, 7) is 3.51. The third-order valence-electron chi connectivity index (χ3n) is 5.92. The molecule has 2 aliphatic rings. The molecule has 5 rings (SSSR count). The quantitative estimate of drug-likeness (QED) is 0.613. The van der Waals surface area contributed by atoms with Crippen molar-refractivity contribution < 1.29 is 20.1 Å². The van der Waals surface area contributed by atoms with Crippen molar-refractivity contribution in [3.63, 3.8) is 0 Å². The molecular formula is C20H17N3O4. The molecule has 0 saturated carbocycles. The third kappa shape index (κ3) is 1.74. The van der Waals surface area contributed by atoms with Gasteiger partial charge in [0.1, 0.15) is 17.4 Å². The number of nitrogens with zero attached hydrogens (tertiary/aromatic N) is 3. The number of benzene rings is 1. The number of aliphatic hydroxyl groups is 1. The van der Waals surface area contributed by atoms with Crippen molar-refractivity contribution in [2.24, 2.45) is 0 Å². The number of aliphatic hydroxyl groups excluding tert-OH is 1. The molecule has 3 atom stereocenters. The van der Waals surface area contributed by atoms with Gasteiger partial charge in [0.2, 0.25) is 11.8 Å². The highest BCUT2D eigenvalue weighted by molar-refractivity contribution is 5.93. The zero-order chi connectivity index (χ0) is 19.1. The van der Waals surface area contributed by atoms with Crippen LogP contribution in [0.4, 0.5) is 0 Å². The monoisotopic (exact) mass is 363 g/mol. The lowest BCUT2D eigenvalue weighted by atomic mass is 9.78. The molecule has 3 aromatic rings. The van der Waals surface area contributed by atoms with Gasteiger partial charge >= 0.3 is 0 Å². The molecule has 0 amide bonds. The van der Waals surface area contributed by atoms with Crippen molar-refractivity contribution in [2.75, 3.05) is 0 Å². The SMILES string of the molecule is CC12C[C@@H](O)C(C)(O1)c1c2c(O)n(-c2cnc(C#N)c3ccccc23)c1O. The standard InChI is InChI=1S/C20H17N3O4/c1-19-7-14(24)20(2,27-19)16-15(19)17(25)23(18(16)26)13-9-22-12(8-21)10-5-3-4-6-11(10)13/h3-6,9,14,24-26H,7H2,1-2H3/t14-,19?,20?/m1/s1. The minimum atomic E-state index is -1.09. The van der Waals surface area contributed by atoms with Gasteiger partial charge in [-0.3, -0.25) is 0 Å². The lowest BCUT2D eigenvalue weighted by Crippen LogP contribution is -2.32. The van der Waals surface area contributed by atoms with Crippen LogP contribution in [0.3, 0.4) is 0 Å². The number of fused-ring (bicyclic) bond motifs is 6. The van der Waals surface area contributed by atoms with Gasteiger partial charge in [0.05, 0.1) is 34.7 Å². The second-order valence-electron chi connectivity index (χ2n) is 7.54. The van der Waals surface area contributed by atoms with Crippen molar-refractivity contribution >= 4 is 10.8 Å². The van der Waals surface area contributed by atoms with E-state index in [-0.39, 0.29) is 17.5 Å². The van der Waals surface area contributed by atoms with E-state index in [1.165, 1.54) is 10.8 Å². The maximum absolute atomic E-state index is 11.0. The molecule has 1 saturated heterocycles. The molecule has 2 aromatic heterocycles. The molecule has 1 fully saturated rings. The Morgan fingerprint density at radius 3 is 2.56 bits per heavy atom. The van der Waals surface area contributed by atoms with Gasteiger partial charge in [-0.1, -0.05) is 24.3 Å². The van der Waals surface area contributed by atoms with Crippen LogP contribution in [0.15, 0.2) is 30.5 Å². The Bertz CT molecular complexity index is 1180. The summed E-state index contributed by atoms with van der Waals surface area (Å²) in [4.78, 5) is 4.19. The Labute approximate surface area is 154 Å². The zero-order valence-corrected chi connectivity index (χ0v) is 14.8. The predicted molar refractivity (Wildman–Crippen MR) is 95.5 cm³/mol. The van der Waals surface area contributed by atoms with Crippen LogP contribution in [-0.4, -0.2) is 31.0 Å². The van der Waals surface area contributed by atoms with Gasteiger partial charge < -0.3 is 20.1 Å². The fraction of sp³-hybridized carbons (Fsp3) is 0.300. The van der Waals surface area contributed by atoms with E-state index in [1.807, 2.05) is 6.07 Å². The van der Waals surface area contributed by atoms with Gasteiger partial charge in [-0.05, 0) is 13.8 Å². The maximum Gasteiger partial charge on any atom is 0.205 e. The normalized spacial score (nSPS) is 28.4. The second-order valence-corrected chi connectivity index (χ2v) is 7.54. The van der Waals surface area contributed by atoms with Crippen molar-refractivity contribution in [1.29, 1.82) is 5.26 Å². The molecule has 2 aliphatic heterocycles. The summed E-state index contributed by atoms with van der Waals surface area (Å²) in [6.07, 6.45) is 1.01. The number of hydrogen-bond acceptors (Lipinski definition) is 6. The third-order valence-corrected chi connectivity index (χ3v) is 5.92. The minimum absolute atomic E-state index is 0.141. The summed E-state index contributed by atoms with van der Waals surface area (Å²) in [7, 11) is 0. The fourth-order valence-electron chi connectivity index (χ4n) is 4.70. The number of aromatic nitrogens is 2. The smallest absolute Gasteiger partial charge is 0.205 e. The van der Waals surface area contributed by atoms with Crippen molar-refractivity contribution in [1.82, 2.24) is 9.55 Å². The van der Waals surface area contributed by atoms with Gasteiger partial charge in [0.15, 0.2) is 0 Å². The predicted octanol–water partition coefficient (Wildman–Crippen LogP) is 2.53. The minimum Gasteiger partial charge on any atom is -0.494 e. The van der Waals surface area contributed by atoms with E-state index in [0.717, 1.165) is 0 Å². The molecule has 3 N–H and O–H groups in total. The first-order chi connectivity index (χ1) is 12.8. The summed E-state index contributed by atoms with van der Waals surface area (Å²) >= 11 is 0. The van der Waals surface area contributed by atoms with Crippen LogP contribution in [-0.2, 0) is 15.9 Å². The van der Waals surface area contributed by atoms with Crippen LogP contribution < -0.4 is 0 Å². The summed E-state index contributed by atoms with van der Waals surface area (Å²) in [5.41, 5.74) is -0.365. The van der Waals surface area contributed by atoms with Crippen LogP contribution in [0, 0.1) is 11.3 Å². The first-order valence-electron chi connectivity index (χ1n) is 8.66. The van der Waals surface area contributed by atoms with Crippen LogP contribution in [0.5, 0.6) is 11.8 Å². The highest BCUT2D eigenvalue weighted by Gasteiger charge is 2.64. The topological polar surface area (TPSA) is 112 Å². The summed E-state index contributed by atoms with van der Waals surface area (Å²) in [5.74, 6) is -0.332. The van der Waals surface area contributed by atoms with Gasteiger partial charge in [-0.15, -0.1) is 0 Å². The lowest BCUT2D eigenvalue weighted by Gasteiger charge is -2.25. The summed E-state index contributed by atoms with van der Waals surface area (Å²) < 4.78 is 7.32. The van der Waals surface area contributed by atoms with E-state index >= 15 is 0 Å². The number of ether oxygens (including phenoxy) is 1. The largest absolute Gasteiger partial charge is 0.494 e. The van der Waals surface area contributed by atoms with Crippen molar-refractivity contribution in [3.05, 3.63) is 47.3 Å². The Morgan fingerprint density at radius 1 is 1.19 bits per heavy atom. The average molecular weight is 363 g/mol. The molecule has 4 heterocycles. The molecule has 0 spiro atoms. The Kier molecular flexibility index (Phi) is 2.86. The van der Waals surface area contributed by atoms with Crippen molar-refractivity contribution in [3.8, 4) is 23.5 Å². The van der Waals surface area contributed by atoms with E-state index in [0.29, 0.717) is 34.0 Å². The molecule has 0 radical (unpaired) electrons. The number of aromatic hydroxyl groups is 2. The van der Waals surface area contributed by atoms with Crippen LogP contribution in [0.25, 0.3) is 16.5 Å². The Morgan fingerprint density at radius 2 is 1.85 bits per heavy atom. The van der Waals surface area contributed by atoms with Gasteiger partial charge in [0, 0.05) is 17.2 Å². The Hall–Kier alpha value is -3.08. The van der Waals surface area contributed by atoms with E-state index in [2.05, 4.69) is 11.1 Å². The number of rotatable bonds is 1. The first-order valence-corrected chi connectivity index (χ1v) is 8.66. The van der Waals surface area contributed by atoms with Gasteiger partial charge in [0.25, 0.3) is 0 Å². The zero-order valence-electron chi connectivity index (χ0n) is 14.8. The molecule has 7 heteroatoms. The molecule has 27 heavy (non-hydrogen) atoms. The molecule has 2 bridgehead atoms. The van der Waals surface area contributed by atoms with E-state index < -0.39 is 17.3 Å². The van der Waals surface area contributed by atoms with Crippen molar-refractivity contribution in [2.45, 2.75) is 37.6 Å². The number of hydrogen-bond donors (Lipinski definition) is 3. The molecule has 136 valence electrons. The lowest BCUT2D eigenvalue weighted by molar-refractivity contribution is -0.0936. The van der Waals surface area contributed by atoms with Crippen LogP contribution >= 0.6 is 0 Å². The second kappa shape index (κ2) is 4.80. The highest BCUT2D eigenvalue weighted by Crippen LogP contribution is 2.64. The highest BCUT2D eigenvalue weighted by atomic mass is 16.6. The molecule has 7 nitrogen and oxygen atoms in total. The average Bonchev–Trinajstić information content (AvgIpc) is 3.15. The summed E-state index contributed by atoms with van der Waals surface area (Å²) in [6, 6.07) is 9.26. The summed E-state index contributed by atoms with van der Waals surface area (Å²) in [5, 5.41) is 43.1. The van der Waals surface area contributed by atoms with Gasteiger partial charge in [-0.2, -0.15) is 5.26 Å². The molecule has 1 aromatic carbocycles. The van der Waals surface area contributed by atoms with E-state index in [1.54, 1.807) is 32.0 Å². The fourth-order valence-corrected chi connectivity index (χ4v) is 4.70.